The molecule has 0 N–H and O–H groups in total. The summed E-state index contributed by atoms with van der Waals surface area (Å²) in [5.41, 5.74) is -0.215. The minimum absolute atomic E-state index is 0.142. The van der Waals surface area contributed by atoms with E-state index < -0.39 is 15.8 Å². The van der Waals surface area contributed by atoms with Crippen LogP contribution in [-0.4, -0.2) is 51.7 Å². The fourth-order valence-corrected chi connectivity index (χ4v) is 5.31. The molecule has 1 atom stereocenters. The smallest absolute Gasteiger partial charge is 0.243 e. The number of halogens is 1. The molecular formula is C17H24FNO4S. The Bertz CT molecular complexity index is 654. The first-order valence-corrected chi connectivity index (χ1v) is 9.80. The van der Waals surface area contributed by atoms with E-state index in [-0.39, 0.29) is 10.5 Å². The lowest BCUT2D eigenvalue weighted by Gasteiger charge is -2.41. The molecule has 1 aromatic carbocycles. The average Bonchev–Trinajstić information content (AvgIpc) is 2.96. The minimum atomic E-state index is -3.57. The van der Waals surface area contributed by atoms with E-state index in [1.807, 2.05) is 0 Å². The largest absolute Gasteiger partial charge is 0.385 e. The molecule has 0 unspecified atom stereocenters. The normalized spacial score (nSPS) is 24.5. The summed E-state index contributed by atoms with van der Waals surface area (Å²) in [7, 11) is -1.88. The lowest BCUT2D eigenvalue weighted by molar-refractivity contribution is -0.0603. The van der Waals surface area contributed by atoms with Gasteiger partial charge in [0, 0.05) is 33.4 Å². The van der Waals surface area contributed by atoms with Crippen molar-refractivity contribution in [3.8, 4) is 0 Å². The second kappa shape index (κ2) is 7.07. The van der Waals surface area contributed by atoms with Crippen LogP contribution in [0.15, 0.2) is 29.2 Å². The van der Waals surface area contributed by atoms with E-state index in [0.717, 1.165) is 19.4 Å². The maximum atomic E-state index is 13.0. The third-order valence-corrected chi connectivity index (χ3v) is 7.20. The molecule has 0 bridgehead atoms. The van der Waals surface area contributed by atoms with E-state index in [9.17, 15) is 12.8 Å². The molecule has 5 nitrogen and oxygen atoms in total. The molecule has 0 aliphatic carbocycles. The lowest BCUT2D eigenvalue weighted by atomic mass is 9.78. The van der Waals surface area contributed by atoms with E-state index in [4.69, 9.17) is 9.47 Å². The standard InChI is InChI=1S/C17H24FNO4S/c1-22-12-6-14-7-13-23-17(14)8-10-19(11-9-17)24(20,21)16-4-2-15(18)3-5-16/h2-5,14H,6-13H2,1H3/t14-/m1/s1. The summed E-state index contributed by atoms with van der Waals surface area (Å²) < 4.78 is 51.1. The highest BCUT2D eigenvalue weighted by Crippen LogP contribution is 2.43. The van der Waals surface area contributed by atoms with Gasteiger partial charge in [0.25, 0.3) is 0 Å². The molecule has 2 fully saturated rings. The van der Waals surface area contributed by atoms with Gasteiger partial charge in [-0.25, -0.2) is 12.8 Å². The first kappa shape index (κ1) is 17.8. The van der Waals surface area contributed by atoms with Crippen molar-refractivity contribution in [3.05, 3.63) is 30.1 Å². The van der Waals surface area contributed by atoms with Gasteiger partial charge in [-0.15, -0.1) is 0 Å². The van der Waals surface area contributed by atoms with Crippen molar-refractivity contribution in [1.82, 2.24) is 4.31 Å². The van der Waals surface area contributed by atoms with Crippen LogP contribution in [0, 0.1) is 11.7 Å². The van der Waals surface area contributed by atoms with Crippen LogP contribution in [0.1, 0.15) is 25.7 Å². The first-order chi connectivity index (χ1) is 11.5. The van der Waals surface area contributed by atoms with Gasteiger partial charge in [0.15, 0.2) is 0 Å². The van der Waals surface area contributed by atoms with E-state index in [2.05, 4.69) is 0 Å². The Labute approximate surface area is 142 Å². The van der Waals surface area contributed by atoms with Gasteiger partial charge < -0.3 is 9.47 Å². The summed E-state index contributed by atoms with van der Waals surface area (Å²) in [6.45, 7) is 2.30. The van der Waals surface area contributed by atoms with Crippen molar-refractivity contribution in [2.75, 3.05) is 33.4 Å². The highest BCUT2D eigenvalue weighted by Gasteiger charge is 2.47. The van der Waals surface area contributed by atoms with Gasteiger partial charge in [0.1, 0.15) is 5.82 Å². The molecule has 2 heterocycles. The Morgan fingerprint density at radius 1 is 1.29 bits per heavy atom. The second-order valence-corrected chi connectivity index (χ2v) is 8.48. The summed E-state index contributed by atoms with van der Waals surface area (Å²) in [6, 6.07) is 5.00. The number of methoxy groups -OCH3 is 1. The molecule has 1 aromatic rings. The van der Waals surface area contributed by atoms with Crippen LogP contribution in [-0.2, 0) is 19.5 Å². The minimum Gasteiger partial charge on any atom is -0.385 e. The van der Waals surface area contributed by atoms with Crippen molar-refractivity contribution in [2.45, 2.75) is 36.2 Å². The number of piperidine rings is 1. The van der Waals surface area contributed by atoms with Gasteiger partial charge >= 0.3 is 0 Å². The van der Waals surface area contributed by atoms with Crippen LogP contribution in [0.3, 0.4) is 0 Å². The first-order valence-electron chi connectivity index (χ1n) is 8.36. The number of hydrogen-bond acceptors (Lipinski definition) is 4. The van der Waals surface area contributed by atoms with Crippen LogP contribution in [0.5, 0.6) is 0 Å². The van der Waals surface area contributed by atoms with Crippen LogP contribution < -0.4 is 0 Å². The zero-order valence-electron chi connectivity index (χ0n) is 13.9. The Hall–Kier alpha value is -1.02. The topological polar surface area (TPSA) is 55.8 Å². The third kappa shape index (κ3) is 3.35. The lowest BCUT2D eigenvalue weighted by Crippen LogP contribution is -2.49. The number of rotatable bonds is 5. The van der Waals surface area contributed by atoms with Gasteiger partial charge in [-0.1, -0.05) is 0 Å². The van der Waals surface area contributed by atoms with Crippen molar-refractivity contribution in [3.63, 3.8) is 0 Å². The highest BCUT2D eigenvalue weighted by molar-refractivity contribution is 7.89. The molecule has 134 valence electrons. The van der Waals surface area contributed by atoms with Crippen molar-refractivity contribution >= 4 is 10.0 Å². The molecule has 1 spiro atoms. The number of hydrogen-bond donors (Lipinski definition) is 0. The summed E-state index contributed by atoms with van der Waals surface area (Å²) in [4.78, 5) is 0.142. The molecule has 2 saturated heterocycles. The quantitative estimate of drug-likeness (QED) is 0.812. The Balaban J connectivity index is 1.69. The maximum Gasteiger partial charge on any atom is 0.243 e. The molecule has 2 aliphatic heterocycles. The molecule has 0 saturated carbocycles. The average molecular weight is 357 g/mol. The third-order valence-electron chi connectivity index (χ3n) is 5.29. The van der Waals surface area contributed by atoms with Gasteiger partial charge in [-0.3, -0.25) is 0 Å². The molecule has 7 heteroatoms. The molecule has 0 radical (unpaired) electrons. The van der Waals surface area contributed by atoms with Crippen LogP contribution >= 0.6 is 0 Å². The fourth-order valence-electron chi connectivity index (χ4n) is 3.87. The fraction of sp³-hybridized carbons (Fsp3) is 0.647. The van der Waals surface area contributed by atoms with E-state index in [1.165, 1.54) is 28.6 Å². The summed E-state index contributed by atoms with van der Waals surface area (Å²) in [5, 5.41) is 0. The predicted molar refractivity (Wildman–Crippen MR) is 87.7 cm³/mol. The summed E-state index contributed by atoms with van der Waals surface area (Å²) in [6.07, 6.45) is 3.35. The summed E-state index contributed by atoms with van der Waals surface area (Å²) >= 11 is 0. The monoisotopic (exact) mass is 357 g/mol. The molecule has 0 aromatic heterocycles. The SMILES string of the molecule is COCC[C@@H]1CCOC12CCN(S(=O)(=O)c1ccc(F)cc1)CC2. The van der Waals surface area contributed by atoms with Crippen molar-refractivity contribution in [2.24, 2.45) is 5.92 Å². The molecule has 24 heavy (non-hydrogen) atoms. The van der Waals surface area contributed by atoms with Crippen LogP contribution in [0.2, 0.25) is 0 Å². The number of benzene rings is 1. The Morgan fingerprint density at radius 2 is 1.96 bits per heavy atom. The van der Waals surface area contributed by atoms with E-state index >= 15 is 0 Å². The number of sulfonamides is 1. The zero-order valence-corrected chi connectivity index (χ0v) is 14.7. The van der Waals surface area contributed by atoms with Gasteiger partial charge in [0.05, 0.1) is 10.5 Å². The predicted octanol–water partition coefficient (Wildman–Crippen LogP) is 2.42. The van der Waals surface area contributed by atoms with E-state index in [0.29, 0.717) is 38.5 Å². The van der Waals surface area contributed by atoms with Crippen molar-refractivity contribution in [1.29, 1.82) is 0 Å². The number of nitrogens with zero attached hydrogens (tertiary/aromatic N) is 1. The van der Waals surface area contributed by atoms with Crippen LogP contribution in [0.25, 0.3) is 0 Å². The van der Waals surface area contributed by atoms with Crippen molar-refractivity contribution < 1.29 is 22.3 Å². The summed E-state index contributed by atoms with van der Waals surface area (Å²) in [5.74, 6) is -0.0139. The number of ether oxygens (including phenoxy) is 2. The Morgan fingerprint density at radius 3 is 2.58 bits per heavy atom. The molecular weight excluding hydrogens is 333 g/mol. The van der Waals surface area contributed by atoms with E-state index in [1.54, 1.807) is 7.11 Å². The molecule has 3 rings (SSSR count). The highest BCUT2D eigenvalue weighted by atomic mass is 32.2. The molecule has 0 amide bonds. The molecule has 2 aliphatic rings. The van der Waals surface area contributed by atoms with Crippen LogP contribution in [0.4, 0.5) is 4.39 Å². The second-order valence-electron chi connectivity index (χ2n) is 6.54. The Kier molecular flexibility index (Phi) is 5.24. The van der Waals surface area contributed by atoms with Gasteiger partial charge in [0.2, 0.25) is 10.0 Å². The zero-order chi connectivity index (χ0) is 17.2. The maximum absolute atomic E-state index is 13.0. The van der Waals surface area contributed by atoms with Gasteiger partial charge in [-0.05, 0) is 55.9 Å². The van der Waals surface area contributed by atoms with Gasteiger partial charge in [-0.2, -0.15) is 4.31 Å².